The maximum atomic E-state index is 10.7. The number of hydrogen-bond acceptors (Lipinski definition) is 4. The first-order valence-corrected chi connectivity index (χ1v) is 10.1. The van der Waals surface area contributed by atoms with Crippen molar-refractivity contribution in [3.8, 4) is 6.01 Å². The van der Waals surface area contributed by atoms with E-state index in [1.54, 1.807) is 29.0 Å². The summed E-state index contributed by atoms with van der Waals surface area (Å²) in [6.45, 7) is 7.36. The van der Waals surface area contributed by atoms with Crippen molar-refractivity contribution < 1.29 is 9.84 Å². The van der Waals surface area contributed by atoms with Gasteiger partial charge in [0.2, 0.25) is 0 Å². The molecule has 1 unspecified atom stereocenters. The summed E-state index contributed by atoms with van der Waals surface area (Å²) in [6.07, 6.45) is 3.04. The number of nitrogens with zero attached hydrogens (tertiary/aromatic N) is 3. The fourth-order valence-electron chi connectivity index (χ4n) is 3.53. The quantitative estimate of drug-likeness (QED) is 0.769. The normalized spacial score (nSPS) is 17.4. The lowest BCUT2D eigenvalue weighted by atomic mass is 9.97. The Kier molecular flexibility index (Phi) is 6.69. The van der Waals surface area contributed by atoms with Crippen LogP contribution in [0.2, 0.25) is 10.0 Å². The minimum atomic E-state index is -0.870. The number of aliphatic hydroxyl groups is 1. The molecular weight excluding hydrogens is 385 g/mol. The molecule has 27 heavy (non-hydrogen) atoms. The van der Waals surface area contributed by atoms with E-state index in [-0.39, 0.29) is 0 Å². The lowest BCUT2D eigenvalue weighted by Crippen LogP contribution is -2.39. The second kappa shape index (κ2) is 8.82. The van der Waals surface area contributed by atoms with E-state index < -0.39 is 6.10 Å². The molecule has 1 aromatic carbocycles. The first-order chi connectivity index (χ1) is 12.8. The van der Waals surface area contributed by atoms with Crippen molar-refractivity contribution in [1.82, 2.24) is 14.5 Å². The lowest BCUT2D eigenvalue weighted by molar-refractivity contribution is 0.114. The molecule has 1 aliphatic rings. The summed E-state index contributed by atoms with van der Waals surface area (Å²) in [4.78, 5) is 6.84. The van der Waals surface area contributed by atoms with Crippen molar-refractivity contribution in [1.29, 1.82) is 0 Å². The van der Waals surface area contributed by atoms with Crippen LogP contribution in [-0.4, -0.2) is 45.3 Å². The predicted octanol–water partition coefficient (Wildman–Crippen LogP) is 4.31. The highest BCUT2D eigenvalue weighted by atomic mass is 35.5. The van der Waals surface area contributed by atoms with Gasteiger partial charge in [0.05, 0.1) is 18.5 Å². The molecule has 0 spiro atoms. The largest absolute Gasteiger partial charge is 0.464 e. The fraction of sp³-hybridized carbons (Fsp3) is 0.550. The van der Waals surface area contributed by atoms with Gasteiger partial charge in [-0.3, -0.25) is 4.57 Å². The minimum absolute atomic E-state index is 0.489. The van der Waals surface area contributed by atoms with Gasteiger partial charge in [0.25, 0.3) is 6.01 Å². The van der Waals surface area contributed by atoms with Gasteiger partial charge in [-0.1, -0.05) is 23.2 Å². The number of aliphatic hydroxyl groups excluding tert-OH is 1. The standard InChI is InChI=1S/C20H27Cl2N3O2/c1-13(2)25-6-4-14(5-7-25)12-27-20-23-11-18(24(20)3)19(26)15-8-16(21)10-17(22)9-15/h8-11,13-14,19,26H,4-7,12H2,1-3H3. The molecule has 0 amide bonds. The van der Waals surface area contributed by atoms with Gasteiger partial charge in [-0.25, -0.2) is 4.98 Å². The Bertz CT molecular complexity index is 750. The molecule has 1 fully saturated rings. The molecule has 0 aliphatic carbocycles. The van der Waals surface area contributed by atoms with E-state index in [9.17, 15) is 5.11 Å². The Morgan fingerprint density at radius 1 is 1.19 bits per heavy atom. The summed E-state index contributed by atoms with van der Waals surface area (Å²) >= 11 is 12.1. The molecule has 1 aromatic heterocycles. The summed E-state index contributed by atoms with van der Waals surface area (Å²) in [5.74, 6) is 0.539. The van der Waals surface area contributed by atoms with Crippen LogP contribution in [-0.2, 0) is 7.05 Å². The Balaban J connectivity index is 1.62. The molecule has 148 valence electrons. The number of ether oxygens (including phenoxy) is 1. The van der Waals surface area contributed by atoms with Gasteiger partial charge in [-0.05, 0) is 69.5 Å². The van der Waals surface area contributed by atoms with Gasteiger partial charge in [0.1, 0.15) is 6.10 Å². The Morgan fingerprint density at radius 2 is 1.81 bits per heavy atom. The summed E-state index contributed by atoms with van der Waals surface area (Å²) in [6, 6.07) is 6.16. The van der Waals surface area contributed by atoms with E-state index in [2.05, 4.69) is 23.7 Å². The van der Waals surface area contributed by atoms with Gasteiger partial charge in [-0.2, -0.15) is 0 Å². The number of piperidine rings is 1. The van der Waals surface area contributed by atoms with Crippen LogP contribution >= 0.6 is 23.2 Å². The van der Waals surface area contributed by atoms with Crippen LogP contribution in [0.1, 0.15) is 44.1 Å². The second-order valence-corrected chi connectivity index (χ2v) is 8.39. The maximum Gasteiger partial charge on any atom is 0.296 e. The molecular formula is C20H27Cl2N3O2. The molecule has 7 heteroatoms. The van der Waals surface area contributed by atoms with Crippen LogP contribution in [0.25, 0.3) is 0 Å². The van der Waals surface area contributed by atoms with E-state index in [0.29, 0.717) is 45.9 Å². The van der Waals surface area contributed by atoms with Crippen LogP contribution in [0.4, 0.5) is 0 Å². The summed E-state index contributed by atoms with van der Waals surface area (Å²) in [5.41, 5.74) is 1.26. The lowest BCUT2D eigenvalue weighted by Gasteiger charge is -2.34. The zero-order valence-electron chi connectivity index (χ0n) is 16.0. The van der Waals surface area contributed by atoms with Gasteiger partial charge in [0, 0.05) is 23.1 Å². The summed E-state index contributed by atoms with van der Waals surface area (Å²) in [5, 5.41) is 11.7. The van der Waals surface area contributed by atoms with Crippen LogP contribution in [0, 0.1) is 5.92 Å². The van der Waals surface area contributed by atoms with Crippen LogP contribution < -0.4 is 4.74 Å². The fourth-order valence-corrected chi connectivity index (χ4v) is 4.07. The van der Waals surface area contributed by atoms with E-state index in [1.807, 2.05) is 7.05 Å². The zero-order chi connectivity index (χ0) is 19.6. The molecule has 0 bridgehead atoms. The Morgan fingerprint density at radius 3 is 2.41 bits per heavy atom. The van der Waals surface area contributed by atoms with E-state index in [0.717, 1.165) is 25.9 Å². The molecule has 1 aliphatic heterocycles. The maximum absolute atomic E-state index is 10.7. The van der Waals surface area contributed by atoms with Gasteiger partial charge >= 0.3 is 0 Å². The Hall–Kier alpha value is -1.27. The first-order valence-electron chi connectivity index (χ1n) is 9.37. The average molecular weight is 412 g/mol. The number of aromatic nitrogens is 2. The van der Waals surface area contributed by atoms with E-state index >= 15 is 0 Å². The zero-order valence-corrected chi connectivity index (χ0v) is 17.5. The number of benzene rings is 1. The summed E-state index contributed by atoms with van der Waals surface area (Å²) < 4.78 is 7.74. The van der Waals surface area contributed by atoms with Gasteiger partial charge in [0.15, 0.2) is 0 Å². The Labute approximate surface area is 170 Å². The third kappa shape index (κ3) is 4.96. The van der Waals surface area contributed by atoms with Crippen molar-refractivity contribution in [3.05, 3.63) is 45.7 Å². The first kappa shape index (κ1) is 20.5. The van der Waals surface area contributed by atoms with Crippen LogP contribution in [0.5, 0.6) is 6.01 Å². The van der Waals surface area contributed by atoms with Crippen molar-refractivity contribution in [2.75, 3.05) is 19.7 Å². The van der Waals surface area contributed by atoms with Crippen molar-refractivity contribution >= 4 is 23.2 Å². The molecule has 3 rings (SSSR count). The van der Waals surface area contributed by atoms with E-state index in [4.69, 9.17) is 27.9 Å². The molecule has 1 atom stereocenters. The molecule has 2 aromatic rings. The number of likely N-dealkylation sites (tertiary alicyclic amines) is 1. The predicted molar refractivity (Wildman–Crippen MR) is 109 cm³/mol. The van der Waals surface area contributed by atoms with Crippen LogP contribution in [0.15, 0.2) is 24.4 Å². The third-order valence-electron chi connectivity index (χ3n) is 5.29. The number of imidazole rings is 1. The highest BCUT2D eigenvalue weighted by molar-refractivity contribution is 6.34. The molecule has 5 nitrogen and oxygen atoms in total. The van der Waals surface area contributed by atoms with E-state index in [1.165, 1.54) is 0 Å². The van der Waals surface area contributed by atoms with Crippen molar-refractivity contribution in [2.45, 2.75) is 38.8 Å². The number of rotatable bonds is 6. The second-order valence-electron chi connectivity index (χ2n) is 7.51. The third-order valence-corrected chi connectivity index (χ3v) is 5.73. The van der Waals surface area contributed by atoms with Gasteiger partial charge in [-0.15, -0.1) is 0 Å². The molecule has 1 N–H and O–H groups in total. The van der Waals surface area contributed by atoms with Gasteiger partial charge < -0.3 is 14.7 Å². The smallest absolute Gasteiger partial charge is 0.296 e. The highest BCUT2D eigenvalue weighted by Crippen LogP contribution is 2.29. The molecule has 0 radical (unpaired) electrons. The summed E-state index contributed by atoms with van der Waals surface area (Å²) in [7, 11) is 1.84. The molecule has 0 saturated carbocycles. The monoisotopic (exact) mass is 411 g/mol. The topological polar surface area (TPSA) is 50.5 Å². The van der Waals surface area contributed by atoms with Crippen LogP contribution in [0.3, 0.4) is 0 Å². The highest BCUT2D eigenvalue weighted by Gasteiger charge is 2.23. The van der Waals surface area contributed by atoms with Crippen molar-refractivity contribution in [2.24, 2.45) is 13.0 Å². The average Bonchev–Trinajstić information content (AvgIpc) is 2.99. The SMILES string of the molecule is CC(C)N1CCC(COc2ncc(C(O)c3cc(Cl)cc(Cl)c3)n2C)CC1. The molecule has 1 saturated heterocycles. The molecule has 2 heterocycles. The minimum Gasteiger partial charge on any atom is -0.464 e. The number of halogens is 2. The van der Waals surface area contributed by atoms with Crippen molar-refractivity contribution in [3.63, 3.8) is 0 Å². The number of hydrogen-bond donors (Lipinski definition) is 1.